The average Bonchev–Trinajstić information content (AvgIpc) is 3.19. The normalized spacial score (nSPS) is 17.5. The van der Waals surface area contributed by atoms with E-state index in [0.29, 0.717) is 0 Å². The number of carbonyl (C=O) groups is 1. The topological polar surface area (TPSA) is 73.1 Å². The van der Waals surface area contributed by atoms with Crippen LogP contribution in [0.25, 0.3) is 11.0 Å². The quantitative estimate of drug-likeness (QED) is 0.585. The molecule has 0 unspecified atom stereocenters. The molecule has 3 heterocycles. The van der Waals surface area contributed by atoms with E-state index in [4.69, 9.17) is 0 Å². The largest absolute Gasteiger partial charge is 0.468 e. The molecule has 13 heteroatoms. The highest BCUT2D eigenvalue weighted by Gasteiger charge is 2.72. The zero-order valence-electron chi connectivity index (χ0n) is 13.8. The van der Waals surface area contributed by atoms with Gasteiger partial charge in [0.15, 0.2) is 11.1 Å². The molecule has 0 N–H and O–H groups in total. The van der Waals surface area contributed by atoms with Crippen molar-refractivity contribution in [3.63, 3.8) is 0 Å². The van der Waals surface area contributed by atoms with Crippen LogP contribution in [0.5, 0.6) is 0 Å². The van der Waals surface area contributed by atoms with E-state index in [-0.39, 0.29) is 23.4 Å². The molecular formula is C14H13F6N5O2. The minimum atomic E-state index is -5.46. The summed E-state index contributed by atoms with van der Waals surface area (Å²) in [6.07, 6.45) is -9.87. The first-order valence-corrected chi connectivity index (χ1v) is 7.62. The summed E-state index contributed by atoms with van der Waals surface area (Å²) in [5.74, 6) is -0.749. The summed E-state index contributed by atoms with van der Waals surface area (Å²) in [5, 5.41) is 4.03. The minimum absolute atomic E-state index is 0.0990. The van der Waals surface area contributed by atoms with E-state index in [0.717, 1.165) is 23.0 Å². The molecule has 1 saturated heterocycles. The van der Waals surface area contributed by atoms with Crippen LogP contribution in [0.3, 0.4) is 0 Å². The van der Waals surface area contributed by atoms with Gasteiger partial charge >= 0.3 is 18.3 Å². The third kappa shape index (κ3) is 3.04. The minimum Gasteiger partial charge on any atom is -0.468 e. The maximum Gasteiger partial charge on any atom is 0.404 e. The van der Waals surface area contributed by atoms with Crippen molar-refractivity contribution in [3.8, 4) is 0 Å². The molecule has 27 heavy (non-hydrogen) atoms. The van der Waals surface area contributed by atoms with E-state index in [1.54, 1.807) is 0 Å². The van der Waals surface area contributed by atoms with Crippen molar-refractivity contribution >= 4 is 22.8 Å². The summed E-state index contributed by atoms with van der Waals surface area (Å²) >= 11 is 0. The number of aromatic nitrogens is 4. The number of ether oxygens (including phenoxy) is 1. The highest BCUT2D eigenvalue weighted by atomic mass is 19.4. The number of methoxy groups -OCH3 is 1. The monoisotopic (exact) mass is 397 g/mol. The van der Waals surface area contributed by atoms with Gasteiger partial charge in [0.2, 0.25) is 0 Å². The Hall–Kier alpha value is -2.60. The number of rotatable bonds is 3. The summed E-state index contributed by atoms with van der Waals surface area (Å²) < 4.78 is 85.2. The van der Waals surface area contributed by atoms with Crippen LogP contribution in [-0.2, 0) is 16.1 Å². The summed E-state index contributed by atoms with van der Waals surface area (Å²) in [4.78, 5) is 20.0. The molecule has 1 fully saturated rings. The fourth-order valence-corrected chi connectivity index (χ4v) is 3.05. The standard InChI is InChI=1S/C14H13F6N5O2/c1-27-9(26)5-25-11-8(4-23-25)10(21-7-22-11)24-3-2-12(6-24,13(15,16)17)14(18,19)20/h4,7H,2-3,5-6H2,1H3. The van der Waals surface area contributed by atoms with Gasteiger partial charge in [0.25, 0.3) is 0 Å². The molecule has 0 saturated carbocycles. The second-order valence-corrected chi connectivity index (χ2v) is 6.06. The number of carbonyl (C=O) groups excluding carboxylic acids is 1. The summed E-state index contributed by atoms with van der Waals surface area (Å²) in [7, 11) is 1.16. The molecule has 1 aliphatic rings. The Balaban J connectivity index is 1.99. The lowest BCUT2D eigenvalue weighted by Crippen LogP contribution is -2.51. The summed E-state index contributed by atoms with van der Waals surface area (Å²) in [6.45, 7) is -2.12. The first-order valence-electron chi connectivity index (χ1n) is 7.62. The van der Waals surface area contributed by atoms with Crippen LogP contribution in [0.4, 0.5) is 32.2 Å². The van der Waals surface area contributed by atoms with Crippen molar-refractivity contribution in [2.24, 2.45) is 5.41 Å². The van der Waals surface area contributed by atoms with Crippen LogP contribution in [0.2, 0.25) is 0 Å². The van der Waals surface area contributed by atoms with Gasteiger partial charge in [-0.1, -0.05) is 0 Å². The van der Waals surface area contributed by atoms with Crippen molar-refractivity contribution in [3.05, 3.63) is 12.5 Å². The molecule has 0 amide bonds. The van der Waals surface area contributed by atoms with E-state index < -0.39 is 43.2 Å². The molecule has 0 bridgehead atoms. The number of esters is 1. The van der Waals surface area contributed by atoms with Crippen LogP contribution < -0.4 is 4.90 Å². The van der Waals surface area contributed by atoms with Gasteiger partial charge in [-0.3, -0.25) is 4.79 Å². The van der Waals surface area contributed by atoms with Crippen LogP contribution >= 0.6 is 0 Å². The molecular weight excluding hydrogens is 384 g/mol. The Kier molecular flexibility index (Phi) is 4.43. The molecule has 3 rings (SSSR count). The number of fused-ring (bicyclic) bond motifs is 1. The lowest BCUT2D eigenvalue weighted by Gasteiger charge is -2.33. The molecule has 7 nitrogen and oxygen atoms in total. The van der Waals surface area contributed by atoms with Gasteiger partial charge in [-0.25, -0.2) is 14.6 Å². The Morgan fingerprint density at radius 1 is 1.22 bits per heavy atom. The van der Waals surface area contributed by atoms with Gasteiger partial charge in [0, 0.05) is 13.1 Å². The highest BCUT2D eigenvalue weighted by molar-refractivity contribution is 5.87. The van der Waals surface area contributed by atoms with Crippen molar-refractivity contribution in [2.75, 3.05) is 25.1 Å². The van der Waals surface area contributed by atoms with Crippen LogP contribution in [0.15, 0.2) is 12.5 Å². The van der Waals surface area contributed by atoms with Crippen molar-refractivity contribution < 1.29 is 35.9 Å². The smallest absolute Gasteiger partial charge is 0.404 e. The van der Waals surface area contributed by atoms with E-state index in [9.17, 15) is 31.1 Å². The number of anilines is 1. The third-order valence-electron chi connectivity index (χ3n) is 4.57. The molecule has 148 valence electrons. The van der Waals surface area contributed by atoms with Crippen LogP contribution in [-0.4, -0.2) is 58.3 Å². The number of nitrogens with zero attached hydrogens (tertiary/aromatic N) is 5. The summed E-state index contributed by atoms with van der Waals surface area (Å²) in [6, 6.07) is 0. The van der Waals surface area contributed by atoms with Crippen molar-refractivity contribution in [2.45, 2.75) is 25.3 Å². The average molecular weight is 397 g/mol. The van der Waals surface area contributed by atoms with Gasteiger partial charge in [-0.05, 0) is 6.42 Å². The fourth-order valence-electron chi connectivity index (χ4n) is 3.05. The third-order valence-corrected chi connectivity index (χ3v) is 4.57. The Bertz CT molecular complexity index is 848. The molecule has 0 aliphatic carbocycles. The van der Waals surface area contributed by atoms with E-state index in [1.165, 1.54) is 6.20 Å². The predicted molar refractivity (Wildman–Crippen MR) is 78.7 cm³/mol. The van der Waals surface area contributed by atoms with Gasteiger partial charge in [0.1, 0.15) is 18.7 Å². The number of alkyl halides is 6. The maximum atomic E-state index is 13.3. The Morgan fingerprint density at radius 3 is 2.44 bits per heavy atom. The lowest BCUT2D eigenvalue weighted by atomic mass is 9.85. The van der Waals surface area contributed by atoms with Gasteiger partial charge < -0.3 is 9.64 Å². The molecule has 0 atom stereocenters. The zero-order chi connectivity index (χ0) is 20.0. The second kappa shape index (κ2) is 6.23. The molecule has 0 aromatic carbocycles. The van der Waals surface area contributed by atoms with Gasteiger partial charge in [-0.2, -0.15) is 31.4 Å². The van der Waals surface area contributed by atoms with Gasteiger partial charge in [-0.15, -0.1) is 0 Å². The van der Waals surface area contributed by atoms with E-state index in [1.807, 2.05) is 0 Å². The zero-order valence-corrected chi connectivity index (χ0v) is 13.8. The maximum absolute atomic E-state index is 13.3. The number of halogens is 6. The van der Waals surface area contributed by atoms with E-state index in [2.05, 4.69) is 19.8 Å². The summed E-state index contributed by atoms with van der Waals surface area (Å²) in [5.41, 5.74) is -3.74. The van der Waals surface area contributed by atoms with Gasteiger partial charge in [0.05, 0.1) is 18.7 Å². The Labute approximate surface area is 147 Å². The fraction of sp³-hybridized carbons (Fsp3) is 0.571. The molecule has 0 spiro atoms. The van der Waals surface area contributed by atoms with E-state index >= 15 is 0 Å². The Morgan fingerprint density at radius 2 is 1.89 bits per heavy atom. The van der Waals surface area contributed by atoms with Crippen molar-refractivity contribution in [1.29, 1.82) is 0 Å². The second-order valence-electron chi connectivity index (χ2n) is 6.06. The highest BCUT2D eigenvalue weighted by Crippen LogP contribution is 2.56. The predicted octanol–water partition coefficient (Wildman–Crippen LogP) is 2.32. The molecule has 1 aliphatic heterocycles. The number of hydrogen-bond donors (Lipinski definition) is 0. The molecule has 0 radical (unpaired) electrons. The SMILES string of the molecule is COC(=O)Cn1ncc2c(N3CCC(C(F)(F)F)(C(F)(F)F)C3)ncnc21. The number of hydrogen-bond acceptors (Lipinski definition) is 6. The first kappa shape index (κ1) is 19.2. The first-order chi connectivity index (χ1) is 12.5. The lowest BCUT2D eigenvalue weighted by molar-refractivity contribution is -0.332. The van der Waals surface area contributed by atoms with Crippen molar-refractivity contribution in [1.82, 2.24) is 19.7 Å². The van der Waals surface area contributed by atoms with Crippen LogP contribution in [0, 0.1) is 5.41 Å². The molecule has 2 aromatic heterocycles. The molecule has 2 aromatic rings. The van der Waals surface area contributed by atoms with Crippen LogP contribution in [0.1, 0.15) is 6.42 Å².